The number of carbonyl (C=O) groups is 1. The van der Waals surface area contributed by atoms with Gasteiger partial charge in [0.05, 0.1) is 44.7 Å². The van der Waals surface area contributed by atoms with Crippen LogP contribution in [0.15, 0.2) is 36.0 Å². The third-order valence-corrected chi connectivity index (χ3v) is 22.0. The van der Waals surface area contributed by atoms with Gasteiger partial charge in [-0.05, 0) is 87.4 Å². The molecule has 3 saturated carbocycles. The summed E-state index contributed by atoms with van der Waals surface area (Å²) in [6.07, 6.45) is -31.4. The predicted octanol–water partition coefficient (Wildman–Crippen LogP) is -2.82. The summed E-state index contributed by atoms with van der Waals surface area (Å²) >= 11 is 0. The second kappa shape index (κ2) is 25.5. The number of aliphatic hydroxyl groups excluding tert-OH is 14. The smallest absolute Gasteiger partial charge is 0.316 e. The van der Waals surface area contributed by atoms with Crippen molar-refractivity contribution < 1.29 is 133 Å². The number of ether oxygens (including phenoxy) is 12. The van der Waals surface area contributed by atoms with E-state index < -0.39 is 213 Å². The number of methoxy groups -OCH3 is 1. The number of fused-ring (bicyclic) bond motifs is 4. The number of aliphatic hydroxyl groups is 14. The van der Waals surface area contributed by atoms with Crippen molar-refractivity contribution in [2.45, 2.75) is 259 Å². The lowest BCUT2D eigenvalue weighted by molar-refractivity contribution is -0.394. The number of cyclic esters (lactones) is 1. The summed E-state index contributed by atoms with van der Waals surface area (Å²) in [6.45, 7) is 15.1. The second-order valence-electron chi connectivity index (χ2n) is 27.4. The Bertz CT molecular complexity index is 2480. The van der Waals surface area contributed by atoms with Crippen LogP contribution >= 0.6 is 0 Å². The van der Waals surface area contributed by atoms with Crippen LogP contribution in [-0.2, 0) is 61.6 Å². The Labute approximate surface area is 505 Å². The van der Waals surface area contributed by atoms with Gasteiger partial charge in [0.1, 0.15) is 121 Å². The second-order valence-corrected chi connectivity index (χ2v) is 27.4. The van der Waals surface area contributed by atoms with Crippen molar-refractivity contribution >= 4 is 5.97 Å². The van der Waals surface area contributed by atoms with Gasteiger partial charge < -0.3 is 128 Å². The zero-order chi connectivity index (χ0) is 63.4. The summed E-state index contributed by atoms with van der Waals surface area (Å²) in [7, 11) is 1.19. The molecule has 1 spiro atoms. The molecule has 27 heteroatoms. The molecule has 0 amide bonds. The van der Waals surface area contributed by atoms with Crippen LogP contribution < -0.4 is 0 Å². The molecule has 14 N–H and O–H groups in total. The van der Waals surface area contributed by atoms with Gasteiger partial charge in [0.2, 0.25) is 0 Å². The van der Waals surface area contributed by atoms with Gasteiger partial charge in [0.15, 0.2) is 31.5 Å². The molecule has 0 unspecified atom stereocenters. The first-order valence-electron chi connectivity index (χ1n) is 30.6. The van der Waals surface area contributed by atoms with Crippen molar-refractivity contribution in [3.63, 3.8) is 0 Å². The molecule has 496 valence electrons. The van der Waals surface area contributed by atoms with E-state index in [-0.39, 0.29) is 23.7 Å². The highest BCUT2D eigenvalue weighted by atomic mass is 16.8. The van der Waals surface area contributed by atoms with E-state index in [2.05, 4.69) is 34.3 Å². The molecule has 0 bridgehead atoms. The minimum absolute atomic E-state index is 0.0309. The molecule has 0 radical (unpaired) electrons. The van der Waals surface area contributed by atoms with Crippen molar-refractivity contribution in [2.75, 3.05) is 33.5 Å². The SMILES string of the molecule is C=C(C)/C=C/C[C@]1(C)OC(=O)[C@]23[C@@H](O)C=C4[C@@H](CC[C@H]5C(C)(C)[C@@H](O[C@@H]6OC[C@@H](O[C@@H]7O[C@H](CO)[C@@H](O)[C@H](O)[C@H]7O)[C@H](O)[C@H]6O[C@@H]6O[C@H](C)[C@@H](O[C@@H]7O[C@H](CO)[C@@H](O)[C@H](O[C@@H]8O[C@H](CO)[C@@H](O)[C@H](OC)[C@H]8O)[C@H]7O)[C@H](O)[C@H]6O)CC[C@]45C)[C@]2(C)CC[C@@H]31. The van der Waals surface area contributed by atoms with E-state index in [1.54, 1.807) is 0 Å². The molecule has 10 aliphatic rings. The number of esters is 1. The molecule has 6 aliphatic heterocycles. The Hall–Kier alpha value is -2.31. The van der Waals surface area contributed by atoms with Crippen molar-refractivity contribution in [3.8, 4) is 0 Å². The van der Waals surface area contributed by atoms with Gasteiger partial charge >= 0.3 is 5.97 Å². The lowest BCUT2D eigenvalue weighted by Crippen LogP contribution is -2.67. The van der Waals surface area contributed by atoms with Crippen LogP contribution in [0.2, 0.25) is 0 Å². The molecule has 0 aromatic carbocycles. The highest BCUT2D eigenvalue weighted by molar-refractivity contribution is 5.84. The summed E-state index contributed by atoms with van der Waals surface area (Å²) < 4.78 is 72.3. The molecule has 33 atom stereocenters. The molecule has 27 nitrogen and oxygen atoms in total. The summed E-state index contributed by atoms with van der Waals surface area (Å²) in [5.41, 5.74) is -1.68. The van der Waals surface area contributed by atoms with Crippen LogP contribution in [-0.4, -0.2) is 276 Å². The van der Waals surface area contributed by atoms with Crippen molar-refractivity contribution in [1.29, 1.82) is 0 Å². The molecule has 4 aliphatic carbocycles. The quantitative estimate of drug-likeness (QED) is 0.0302. The van der Waals surface area contributed by atoms with E-state index in [0.717, 1.165) is 30.4 Å². The number of rotatable bonds is 17. The zero-order valence-corrected chi connectivity index (χ0v) is 50.5. The van der Waals surface area contributed by atoms with Crippen LogP contribution in [0.5, 0.6) is 0 Å². The Morgan fingerprint density at radius 1 is 0.609 bits per heavy atom. The van der Waals surface area contributed by atoms with Crippen LogP contribution in [0.25, 0.3) is 0 Å². The first-order chi connectivity index (χ1) is 41.0. The third kappa shape index (κ3) is 11.3. The molecule has 10 rings (SSSR count). The van der Waals surface area contributed by atoms with E-state index in [1.807, 2.05) is 32.1 Å². The molecule has 6 saturated heterocycles. The normalized spacial score (nSPS) is 53.2. The van der Waals surface area contributed by atoms with Gasteiger partial charge in [-0.1, -0.05) is 63.6 Å². The monoisotopic (exact) mass is 1250 g/mol. The molecule has 6 heterocycles. The average Bonchev–Trinajstić information content (AvgIpc) is 1.54. The zero-order valence-electron chi connectivity index (χ0n) is 50.5. The number of allylic oxidation sites excluding steroid dienone is 3. The van der Waals surface area contributed by atoms with E-state index in [4.69, 9.17) is 56.8 Å². The minimum atomic E-state index is -2.02. The van der Waals surface area contributed by atoms with Gasteiger partial charge in [0, 0.05) is 19.4 Å². The highest BCUT2D eigenvalue weighted by Crippen LogP contribution is 2.76. The summed E-state index contributed by atoms with van der Waals surface area (Å²) in [6, 6.07) is 0. The topological polar surface area (TPSA) is 411 Å². The number of hydrogen-bond donors (Lipinski definition) is 14. The fourth-order valence-corrected chi connectivity index (χ4v) is 17.3. The lowest BCUT2D eigenvalue weighted by Gasteiger charge is -2.64. The van der Waals surface area contributed by atoms with Crippen LogP contribution in [0, 0.1) is 39.4 Å². The highest BCUT2D eigenvalue weighted by Gasteiger charge is 2.79. The Morgan fingerprint density at radius 2 is 1.17 bits per heavy atom. The number of carbonyl (C=O) groups excluding carboxylic acids is 1. The van der Waals surface area contributed by atoms with Gasteiger partial charge in [-0.25, -0.2) is 0 Å². The maximum absolute atomic E-state index is 14.5. The van der Waals surface area contributed by atoms with Crippen molar-refractivity contribution in [2.24, 2.45) is 39.4 Å². The average molecular weight is 1250 g/mol. The van der Waals surface area contributed by atoms with Crippen molar-refractivity contribution in [1.82, 2.24) is 0 Å². The molecular weight excluding hydrogens is 1150 g/mol. The molecule has 0 aromatic rings. The summed E-state index contributed by atoms with van der Waals surface area (Å²) in [4.78, 5) is 14.5. The van der Waals surface area contributed by atoms with Gasteiger partial charge in [-0.3, -0.25) is 4.79 Å². The maximum atomic E-state index is 14.5. The predicted molar refractivity (Wildman–Crippen MR) is 294 cm³/mol. The number of hydrogen-bond acceptors (Lipinski definition) is 27. The molecule has 0 aromatic heterocycles. The first kappa shape index (κ1) is 67.6. The lowest BCUT2D eigenvalue weighted by atomic mass is 9.40. The van der Waals surface area contributed by atoms with Gasteiger partial charge in [-0.2, -0.15) is 0 Å². The van der Waals surface area contributed by atoms with Crippen LogP contribution in [0.1, 0.15) is 93.4 Å². The van der Waals surface area contributed by atoms with E-state index in [1.165, 1.54) is 14.0 Å². The third-order valence-electron chi connectivity index (χ3n) is 22.0. The van der Waals surface area contributed by atoms with Crippen LogP contribution in [0.3, 0.4) is 0 Å². The largest absolute Gasteiger partial charge is 0.458 e. The fraction of sp³-hybridized carbons (Fsp3) is 0.883. The molecule has 9 fully saturated rings. The minimum Gasteiger partial charge on any atom is -0.458 e. The summed E-state index contributed by atoms with van der Waals surface area (Å²) in [5.74, 6) is -0.662. The standard InChI is InChI=1S/C60H94O27/c1-24(2)11-10-16-59(8)33-14-18-58(7)26-12-13-32-56(4,5)35(15-17-57(32,6)27(26)19-34(64)60(33,58)55(75)87-59)83-54-49(39(68)31(23-77-54)82-51-42(71)40(69)36(65)28(20-61)79-51)86-50-43(72)41(70)46(25(3)78-50)84-53-45(74)48(38(67)30(22-63)81-53)85-52-44(73)47(76-9)37(66)29(21-62)80-52/h10-11,19,25-26,28-54,61-74H,1,12-18,20-23H2,2-9H3/b11-10+/t25-,26-,28-,29-,30-,31-,32+,33-,34+,35+,36-,37-,38-,39+,40+,41-,42-,43-,44-,45-,46-,47+,48+,49-,50+,51+,52+,53+,54+,57-,58+,59+,60+/m1/s1. The Kier molecular flexibility index (Phi) is 19.8. The van der Waals surface area contributed by atoms with Crippen molar-refractivity contribution in [3.05, 3.63) is 36.0 Å². The van der Waals surface area contributed by atoms with E-state index in [0.29, 0.717) is 25.7 Å². The van der Waals surface area contributed by atoms with Crippen LogP contribution in [0.4, 0.5) is 0 Å². The maximum Gasteiger partial charge on any atom is 0.316 e. The molecular formula is C60H94O27. The summed E-state index contributed by atoms with van der Waals surface area (Å²) in [5, 5.41) is 155. The van der Waals surface area contributed by atoms with Gasteiger partial charge in [0.25, 0.3) is 0 Å². The fourth-order valence-electron chi connectivity index (χ4n) is 17.3. The Morgan fingerprint density at radius 3 is 1.79 bits per heavy atom. The van der Waals surface area contributed by atoms with E-state index in [9.17, 15) is 76.3 Å². The first-order valence-corrected chi connectivity index (χ1v) is 30.6. The van der Waals surface area contributed by atoms with E-state index >= 15 is 0 Å². The van der Waals surface area contributed by atoms with Gasteiger partial charge in [-0.15, -0.1) is 0 Å². The Balaban J connectivity index is 0.873. The molecule has 87 heavy (non-hydrogen) atoms.